The molecule has 1 atom stereocenters. The molecular formula is C15H24N2O3. The second-order valence-electron chi connectivity index (χ2n) is 5.29. The molecule has 0 heterocycles. The summed E-state index contributed by atoms with van der Waals surface area (Å²) < 4.78 is 5.52. The average molecular weight is 280 g/mol. The van der Waals surface area contributed by atoms with Crippen LogP contribution in [0.1, 0.15) is 19.4 Å². The maximum atomic E-state index is 10.8. The SMILES string of the molecule is CC(C)N(C)CC(O)COc1ccc(CC(N)=O)cc1. The van der Waals surface area contributed by atoms with Gasteiger partial charge in [-0.25, -0.2) is 0 Å². The maximum absolute atomic E-state index is 10.8. The number of nitrogens with two attached hydrogens (primary N) is 1. The van der Waals surface area contributed by atoms with Gasteiger partial charge in [0.25, 0.3) is 0 Å². The molecule has 5 heteroatoms. The highest BCUT2D eigenvalue weighted by atomic mass is 16.5. The lowest BCUT2D eigenvalue weighted by atomic mass is 10.1. The highest BCUT2D eigenvalue weighted by Gasteiger charge is 2.11. The van der Waals surface area contributed by atoms with E-state index in [1.807, 2.05) is 7.05 Å². The first-order valence-corrected chi connectivity index (χ1v) is 6.77. The van der Waals surface area contributed by atoms with Crippen LogP contribution in [0.5, 0.6) is 5.75 Å². The molecule has 0 bridgehead atoms. The minimum Gasteiger partial charge on any atom is -0.491 e. The van der Waals surface area contributed by atoms with Gasteiger partial charge in [-0.3, -0.25) is 4.79 Å². The summed E-state index contributed by atoms with van der Waals surface area (Å²) in [6.07, 6.45) is -0.310. The van der Waals surface area contributed by atoms with E-state index in [2.05, 4.69) is 18.7 Å². The molecule has 3 N–H and O–H groups in total. The molecule has 0 aliphatic heterocycles. The van der Waals surface area contributed by atoms with Gasteiger partial charge in [0, 0.05) is 12.6 Å². The van der Waals surface area contributed by atoms with Crippen molar-refractivity contribution in [1.29, 1.82) is 0 Å². The summed E-state index contributed by atoms with van der Waals surface area (Å²) in [7, 11) is 1.96. The van der Waals surface area contributed by atoms with Crippen molar-refractivity contribution in [2.75, 3.05) is 20.2 Å². The second kappa shape index (κ2) is 7.87. The molecule has 0 fully saturated rings. The first-order valence-electron chi connectivity index (χ1n) is 6.77. The molecule has 0 aliphatic rings. The Hall–Kier alpha value is -1.59. The Morgan fingerprint density at radius 3 is 2.45 bits per heavy atom. The number of benzene rings is 1. The fourth-order valence-corrected chi connectivity index (χ4v) is 1.69. The van der Waals surface area contributed by atoms with Crippen LogP contribution in [0.3, 0.4) is 0 Å². The maximum Gasteiger partial charge on any atom is 0.221 e. The van der Waals surface area contributed by atoms with Gasteiger partial charge < -0.3 is 20.5 Å². The summed E-state index contributed by atoms with van der Waals surface area (Å²) in [6.45, 7) is 4.96. The fourth-order valence-electron chi connectivity index (χ4n) is 1.69. The molecule has 0 saturated heterocycles. The summed E-state index contributed by atoms with van der Waals surface area (Å²) in [5.74, 6) is 0.315. The number of likely N-dealkylation sites (N-methyl/N-ethyl adjacent to an activating group) is 1. The molecule has 20 heavy (non-hydrogen) atoms. The van der Waals surface area contributed by atoms with Gasteiger partial charge in [0.2, 0.25) is 5.91 Å². The highest BCUT2D eigenvalue weighted by molar-refractivity contribution is 5.76. The van der Waals surface area contributed by atoms with E-state index in [1.165, 1.54) is 0 Å². The zero-order valence-electron chi connectivity index (χ0n) is 12.4. The standard InChI is InChI=1S/C15H24N2O3/c1-11(2)17(3)9-13(18)10-20-14-6-4-12(5-7-14)8-15(16)19/h4-7,11,13,18H,8-10H2,1-3H3,(H2,16,19). The third-order valence-corrected chi connectivity index (χ3v) is 3.12. The third kappa shape index (κ3) is 6.04. The van der Waals surface area contributed by atoms with Crippen molar-refractivity contribution in [2.45, 2.75) is 32.4 Å². The molecule has 1 aromatic rings. The van der Waals surface area contributed by atoms with Crippen molar-refractivity contribution in [3.05, 3.63) is 29.8 Å². The van der Waals surface area contributed by atoms with Gasteiger partial charge in [-0.1, -0.05) is 12.1 Å². The van der Waals surface area contributed by atoms with E-state index in [4.69, 9.17) is 10.5 Å². The van der Waals surface area contributed by atoms with Crippen molar-refractivity contribution in [3.63, 3.8) is 0 Å². The van der Waals surface area contributed by atoms with Gasteiger partial charge in [-0.05, 0) is 38.6 Å². The van der Waals surface area contributed by atoms with E-state index in [1.54, 1.807) is 24.3 Å². The Labute approximate surface area is 120 Å². The van der Waals surface area contributed by atoms with Crippen molar-refractivity contribution < 1.29 is 14.6 Å². The monoisotopic (exact) mass is 280 g/mol. The third-order valence-electron chi connectivity index (χ3n) is 3.12. The van der Waals surface area contributed by atoms with Crippen molar-refractivity contribution >= 4 is 5.91 Å². The quantitative estimate of drug-likeness (QED) is 0.738. The molecule has 0 aliphatic carbocycles. The lowest BCUT2D eigenvalue weighted by Crippen LogP contribution is -2.36. The normalized spacial score (nSPS) is 12.7. The number of aliphatic hydroxyl groups is 1. The van der Waals surface area contributed by atoms with Crippen LogP contribution in [-0.2, 0) is 11.2 Å². The summed E-state index contributed by atoms with van der Waals surface area (Å²) in [5, 5.41) is 9.88. The molecule has 1 unspecified atom stereocenters. The van der Waals surface area contributed by atoms with Crippen LogP contribution in [0.4, 0.5) is 0 Å². The zero-order chi connectivity index (χ0) is 15.1. The molecule has 1 rings (SSSR count). The molecule has 0 saturated carbocycles. The minimum atomic E-state index is -0.535. The number of ether oxygens (including phenoxy) is 1. The predicted octanol–water partition coefficient (Wildman–Crippen LogP) is 0.794. The van der Waals surface area contributed by atoms with Crippen LogP contribution in [-0.4, -0.2) is 48.3 Å². The first-order chi connectivity index (χ1) is 9.38. The van der Waals surface area contributed by atoms with Crippen molar-refractivity contribution in [1.82, 2.24) is 4.90 Å². The van der Waals surface area contributed by atoms with Crippen molar-refractivity contribution in [3.8, 4) is 5.75 Å². The number of hydrogen-bond donors (Lipinski definition) is 2. The van der Waals surface area contributed by atoms with Crippen LogP contribution in [0, 0.1) is 0 Å². The Morgan fingerprint density at radius 1 is 1.35 bits per heavy atom. The minimum absolute atomic E-state index is 0.224. The lowest BCUT2D eigenvalue weighted by Gasteiger charge is -2.24. The number of rotatable bonds is 8. The van der Waals surface area contributed by atoms with Gasteiger partial charge in [0.05, 0.1) is 6.42 Å². The molecular weight excluding hydrogens is 256 g/mol. The molecule has 112 valence electrons. The number of carbonyl (C=O) groups excluding carboxylic acids is 1. The van der Waals surface area contributed by atoms with Crippen LogP contribution >= 0.6 is 0 Å². The topological polar surface area (TPSA) is 75.8 Å². The van der Waals surface area contributed by atoms with E-state index < -0.39 is 6.10 Å². The van der Waals surface area contributed by atoms with E-state index in [0.717, 1.165) is 5.56 Å². The lowest BCUT2D eigenvalue weighted by molar-refractivity contribution is -0.117. The van der Waals surface area contributed by atoms with Crippen LogP contribution in [0.2, 0.25) is 0 Å². The summed E-state index contributed by atoms with van der Waals surface area (Å²) in [4.78, 5) is 12.8. The van der Waals surface area contributed by atoms with Gasteiger partial charge in [-0.2, -0.15) is 0 Å². The largest absolute Gasteiger partial charge is 0.491 e. The number of nitrogens with zero attached hydrogens (tertiary/aromatic N) is 1. The Morgan fingerprint density at radius 2 is 1.95 bits per heavy atom. The van der Waals surface area contributed by atoms with Crippen molar-refractivity contribution in [2.24, 2.45) is 5.73 Å². The molecule has 1 aromatic carbocycles. The van der Waals surface area contributed by atoms with Crippen LogP contribution in [0.25, 0.3) is 0 Å². The molecule has 5 nitrogen and oxygen atoms in total. The molecule has 1 amide bonds. The number of primary amides is 1. The number of amides is 1. The number of aliphatic hydroxyl groups excluding tert-OH is 1. The zero-order valence-corrected chi connectivity index (χ0v) is 12.4. The Bertz CT molecular complexity index is 418. The van der Waals surface area contributed by atoms with Crippen LogP contribution < -0.4 is 10.5 Å². The van der Waals surface area contributed by atoms with E-state index in [0.29, 0.717) is 18.3 Å². The summed E-state index contributed by atoms with van der Waals surface area (Å²) in [6, 6.07) is 7.53. The molecule has 0 aromatic heterocycles. The smallest absolute Gasteiger partial charge is 0.221 e. The predicted molar refractivity (Wildman–Crippen MR) is 78.6 cm³/mol. The van der Waals surface area contributed by atoms with E-state index in [9.17, 15) is 9.90 Å². The van der Waals surface area contributed by atoms with Gasteiger partial charge in [0.1, 0.15) is 18.5 Å². The summed E-state index contributed by atoms with van der Waals surface area (Å²) in [5.41, 5.74) is 5.98. The molecule has 0 radical (unpaired) electrons. The second-order valence-corrected chi connectivity index (χ2v) is 5.29. The number of hydrogen-bond acceptors (Lipinski definition) is 4. The fraction of sp³-hybridized carbons (Fsp3) is 0.533. The summed E-state index contributed by atoms with van der Waals surface area (Å²) >= 11 is 0. The van der Waals surface area contributed by atoms with E-state index in [-0.39, 0.29) is 18.9 Å². The van der Waals surface area contributed by atoms with Crippen LogP contribution in [0.15, 0.2) is 24.3 Å². The van der Waals surface area contributed by atoms with E-state index >= 15 is 0 Å². The van der Waals surface area contributed by atoms with Gasteiger partial charge in [0.15, 0.2) is 0 Å². The molecule has 0 spiro atoms. The van der Waals surface area contributed by atoms with Gasteiger partial charge >= 0.3 is 0 Å². The number of carbonyl (C=O) groups is 1. The highest BCUT2D eigenvalue weighted by Crippen LogP contribution is 2.13. The Balaban J connectivity index is 2.39. The Kier molecular flexibility index (Phi) is 6.48. The first kappa shape index (κ1) is 16.5. The average Bonchev–Trinajstić information content (AvgIpc) is 2.37. The van der Waals surface area contributed by atoms with Gasteiger partial charge in [-0.15, -0.1) is 0 Å².